The van der Waals surface area contributed by atoms with Gasteiger partial charge in [-0.05, 0) is 67.2 Å². The molecule has 2 aromatic rings. The van der Waals surface area contributed by atoms with Gasteiger partial charge in [0.2, 0.25) is 0 Å². The van der Waals surface area contributed by atoms with Gasteiger partial charge in [0.05, 0.1) is 5.56 Å². The Morgan fingerprint density at radius 3 is 2.43 bits per heavy atom. The number of hydrogen-bond donors (Lipinski definition) is 2. The molecule has 0 atom stereocenters. The zero-order valence-corrected chi connectivity index (χ0v) is 13.0. The van der Waals surface area contributed by atoms with Crippen molar-refractivity contribution in [3.63, 3.8) is 0 Å². The van der Waals surface area contributed by atoms with Gasteiger partial charge in [-0.3, -0.25) is 4.90 Å². The lowest BCUT2D eigenvalue weighted by Crippen LogP contribution is -2.32. The van der Waals surface area contributed by atoms with Gasteiger partial charge < -0.3 is 10.2 Å². The van der Waals surface area contributed by atoms with Crippen molar-refractivity contribution in [3.8, 4) is 5.75 Å². The molecule has 0 radical (unpaired) electrons. The summed E-state index contributed by atoms with van der Waals surface area (Å²) in [5.41, 5.74) is 2.68. The summed E-state index contributed by atoms with van der Waals surface area (Å²) in [6, 6.07) is 14.7. The highest BCUT2D eigenvalue weighted by molar-refractivity contribution is 5.87. The molecule has 4 nitrogen and oxygen atoms in total. The summed E-state index contributed by atoms with van der Waals surface area (Å²) in [5.74, 6) is -0.0282. The third-order valence-corrected chi connectivity index (χ3v) is 4.53. The molecule has 4 heteroatoms. The van der Waals surface area contributed by atoms with Gasteiger partial charge in [-0.2, -0.15) is 0 Å². The molecule has 23 heavy (non-hydrogen) atoms. The lowest BCUT2D eigenvalue weighted by Gasteiger charge is -2.32. The van der Waals surface area contributed by atoms with E-state index >= 15 is 0 Å². The maximum atomic E-state index is 11.0. The molecule has 0 spiro atoms. The summed E-state index contributed by atoms with van der Waals surface area (Å²) in [4.78, 5) is 13.4. The van der Waals surface area contributed by atoms with Gasteiger partial charge in [0.1, 0.15) is 5.75 Å². The molecule has 0 saturated carbocycles. The number of aromatic hydroxyl groups is 1. The van der Waals surface area contributed by atoms with E-state index in [1.54, 1.807) is 24.3 Å². The first-order valence-corrected chi connectivity index (χ1v) is 7.95. The van der Waals surface area contributed by atoms with Crippen LogP contribution in [0.5, 0.6) is 5.75 Å². The number of carbonyl (C=O) groups is 1. The smallest absolute Gasteiger partial charge is 0.335 e. The van der Waals surface area contributed by atoms with E-state index in [-0.39, 0.29) is 0 Å². The maximum Gasteiger partial charge on any atom is 0.335 e. The molecule has 0 aromatic heterocycles. The first kappa shape index (κ1) is 15.6. The molecule has 3 rings (SSSR count). The number of piperidine rings is 1. The molecule has 1 aliphatic heterocycles. The van der Waals surface area contributed by atoms with E-state index in [9.17, 15) is 9.90 Å². The highest BCUT2D eigenvalue weighted by atomic mass is 16.4. The predicted octanol–water partition coefficient (Wildman–Crippen LogP) is 3.47. The van der Waals surface area contributed by atoms with Gasteiger partial charge in [0, 0.05) is 6.54 Å². The van der Waals surface area contributed by atoms with Crippen LogP contribution in [0.2, 0.25) is 0 Å². The second-order valence-corrected chi connectivity index (χ2v) is 6.15. The molecule has 1 aliphatic rings. The Balaban J connectivity index is 1.58. The van der Waals surface area contributed by atoms with Crippen LogP contribution in [0.3, 0.4) is 0 Å². The van der Waals surface area contributed by atoms with Gasteiger partial charge in [0.25, 0.3) is 0 Å². The largest absolute Gasteiger partial charge is 0.508 e. The molecule has 0 bridgehead atoms. The molecule has 1 saturated heterocycles. The summed E-state index contributed by atoms with van der Waals surface area (Å²) in [7, 11) is 0. The van der Waals surface area contributed by atoms with Crippen molar-refractivity contribution in [3.05, 3.63) is 65.2 Å². The average Bonchev–Trinajstić information content (AvgIpc) is 2.57. The van der Waals surface area contributed by atoms with Crippen LogP contribution in [0.25, 0.3) is 0 Å². The fourth-order valence-corrected chi connectivity index (χ4v) is 3.23. The number of rotatable bonds is 4. The van der Waals surface area contributed by atoms with Crippen LogP contribution in [0.15, 0.2) is 48.5 Å². The number of benzene rings is 2. The summed E-state index contributed by atoms with van der Waals surface area (Å²) in [5, 5.41) is 18.4. The van der Waals surface area contributed by atoms with Gasteiger partial charge in [-0.15, -0.1) is 0 Å². The summed E-state index contributed by atoms with van der Waals surface area (Å²) in [6.07, 6.45) is 2.17. The van der Waals surface area contributed by atoms with Crippen LogP contribution in [-0.4, -0.2) is 34.2 Å². The molecule has 1 heterocycles. The molecule has 0 aliphatic carbocycles. The van der Waals surface area contributed by atoms with Crippen LogP contribution >= 0.6 is 0 Å². The average molecular weight is 311 g/mol. The van der Waals surface area contributed by atoms with Crippen LogP contribution in [0.1, 0.15) is 40.2 Å². The van der Waals surface area contributed by atoms with E-state index in [0.29, 0.717) is 17.2 Å². The second kappa shape index (κ2) is 6.84. The number of aromatic carboxylic acids is 1. The third kappa shape index (κ3) is 3.90. The van der Waals surface area contributed by atoms with Crippen molar-refractivity contribution in [2.45, 2.75) is 25.3 Å². The van der Waals surface area contributed by atoms with Crippen molar-refractivity contribution in [1.82, 2.24) is 4.90 Å². The maximum absolute atomic E-state index is 11.0. The quantitative estimate of drug-likeness (QED) is 0.907. The number of phenols is 1. The van der Waals surface area contributed by atoms with Gasteiger partial charge in [0.15, 0.2) is 0 Å². The van der Waals surface area contributed by atoms with E-state index in [1.807, 2.05) is 24.3 Å². The Morgan fingerprint density at radius 2 is 1.78 bits per heavy atom. The summed E-state index contributed by atoms with van der Waals surface area (Å²) in [6.45, 7) is 2.80. The van der Waals surface area contributed by atoms with E-state index in [2.05, 4.69) is 4.90 Å². The predicted molar refractivity (Wildman–Crippen MR) is 88.8 cm³/mol. The molecule has 2 N–H and O–H groups in total. The monoisotopic (exact) mass is 311 g/mol. The highest BCUT2D eigenvalue weighted by Crippen LogP contribution is 2.29. The minimum Gasteiger partial charge on any atom is -0.508 e. The Bertz CT molecular complexity index is 673. The standard InChI is InChI=1S/C19H21NO3/c21-18-6-4-15(5-7-18)16-8-10-20(11-9-16)13-14-2-1-3-17(12-14)19(22)23/h1-7,12,16,21H,8-11,13H2,(H,22,23). The van der Waals surface area contributed by atoms with Crippen molar-refractivity contribution in [2.24, 2.45) is 0 Å². The van der Waals surface area contributed by atoms with Crippen LogP contribution < -0.4 is 0 Å². The van der Waals surface area contributed by atoms with Crippen molar-refractivity contribution in [2.75, 3.05) is 13.1 Å². The van der Waals surface area contributed by atoms with E-state index in [1.165, 1.54) is 5.56 Å². The Labute approximate surface area is 136 Å². The molecule has 0 amide bonds. The lowest BCUT2D eigenvalue weighted by molar-refractivity contribution is 0.0696. The highest BCUT2D eigenvalue weighted by Gasteiger charge is 2.20. The number of likely N-dealkylation sites (tertiary alicyclic amines) is 1. The Morgan fingerprint density at radius 1 is 1.09 bits per heavy atom. The van der Waals surface area contributed by atoms with E-state index in [0.717, 1.165) is 38.0 Å². The molecule has 0 unspecified atom stereocenters. The molecular formula is C19H21NO3. The van der Waals surface area contributed by atoms with Crippen LogP contribution in [-0.2, 0) is 6.54 Å². The first-order chi connectivity index (χ1) is 11.1. The molecule has 2 aromatic carbocycles. The normalized spacial score (nSPS) is 16.3. The van der Waals surface area contributed by atoms with Crippen molar-refractivity contribution in [1.29, 1.82) is 0 Å². The van der Waals surface area contributed by atoms with E-state index < -0.39 is 5.97 Å². The van der Waals surface area contributed by atoms with E-state index in [4.69, 9.17) is 5.11 Å². The first-order valence-electron chi connectivity index (χ1n) is 7.95. The number of hydrogen-bond acceptors (Lipinski definition) is 3. The number of phenolic OH excluding ortho intramolecular Hbond substituents is 1. The number of carboxylic acids is 1. The Hall–Kier alpha value is -2.33. The molecular weight excluding hydrogens is 290 g/mol. The minimum atomic E-state index is -0.877. The zero-order chi connectivity index (χ0) is 16.2. The Kier molecular flexibility index (Phi) is 4.63. The number of carboxylic acid groups (broad SMARTS) is 1. The molecule has 120 valence electrons. The summed E-state index contributed by atoms with van der Waals surface area (Å²) < 4.78 is 0. The summed E-state index contributed by atoms with van der Waals surface area (Å²) >= 11 is 0. The van der Waals surface area contributed by atoms with Crippen LogP contribution in [0.4, 0.5) is 0 Å². The van der Waals surface area contributed by atoms with Gasteiger partial charge in [-0.1, -0.05) is 24.3 Å². The zero-order valence-electron chi connectivity index (χ0n) is 13.0. The number of nitrogens with zero attached hydrogens (tertiary/aromatic N) is 1. The van der Waals surface area contributed by atoms with Gasteiger partial charge in [-0.25, -0.2) is 4.79 Å². The van der Waals surface area contributed by atoms with Crippen molar-refractivity contribution < 1.29 is 15.0 Å². The van der Waals surface area contributed by atoms with Gasteiger partial charge >= 0.3 is 5.97 Å². The SMILES string of the molecule is O=C(O)c1cccc(CN2CCC(c3ccc(O)cc3)CC2)c1. The topological polar surface area (TPSA) is 60.8 Å². The van der Waals surface area contributed by atoms with Crippen LogP contribution in [0, 0.1) is 0 Å². The second-order valence-electron chi connectivity index (χ2n) is 6.15. The fraction of sp³-hybridized carbons (Fsp3) is 0.316. The minimum absolute atomic E-state index is 0.310. The third-order valence-electron chi connectivity index (χ3n) is 4.53. The molecule has 1 fully saturated rings. The lowest BCUT2D eigenvalue weighted by atomic mass is 9.89. The van der Waals surface area contributed by atoms with Crippen molar-refractivity contribution >= 4 is 5.97 Å². The fourth-order valence-electron chi connectivity index (χ4n) is 3.23.